The van der Waals surface area contributed by atoms with Crippen LogP contribution in [0, 0.1) is 17.1 Å². The molecule has 0 fully saturated rings. The van der Waals surface area contributed by atoms with Gasteiger partial charge in [-0.25, -0.2) is 4.39 Å². The highest BCUT2D eigenvalue weighted by molar-refractivity contribution is 9.10. The number of halogens is 2. The van der Waals surface area contributed by atoms with Crippen molar-refractivity contribution in [3.05, 3.63) is 63.9 Å². The van der Waals surface area contributed by atoms with Crippen molar-refractivity contribution in [2.24, 2.45) is 0 Å². The summed E-state index contributed by atoms with van der Waals surface area (Å²) in [6, 6.07) is 13.6. The Morgan fingerprint density at radius 3 is 2.50 bits per heavy atom. The van der Waals surface area contributed by atoms with Crippen molar-refractivity contribution in [3.8, 4) is 11.8 Å². The number of hydrogen-bond donors (Lipinski definition) is 0. The Kier molecular flexibility index (Phi) is 3.96. The van der Waals surface area contributed by atoms with Crippen LogP contribution >= 0.6 is 15.9 Å². The van der Waals surface area contributed by atoms with Crippen LogP contribution in [0.4, 0.5) is 4.39 Å². The molecule has 0 unspecified atom stereocenters. The van der Waals surface area contributed by atoms with Gasteiger partial charge in [0.2, 0.25) is 0 Å². The van der Waals surface area contributed by atoms with Crippen LogP contribution in [0.1, 0.15) is 11.1 Å². The number of benzene rings is 2. The predicted octanol–water partition coefficient (Wildman–Crippen LogP) is 4.04. The third-order valence-electron chi connectivity index (χ3n) is 2.39. The molecule has 0 N–H and O–H groups in total. The molecule has 0 spiro atoms. The third-order valence-corrected chi connectivity index (χ3v) is 2.89. The molecule has 0 aliphatic heterocycles. The average Bonchev–Trinajstić information content (AvgIpc) is 2.38. The molecule has 2 aromatic rings. The van der Waals surface area contributed by atoms with Crippen LogP contribution in [-0.2, 0) is 6.61 Å². The van der Waals surface area contributed by atoms with Crippen LogP contribution in [0.15, 0.2) is 46.9 Å². The molecule has 2 rings (SSSR count). The Bertz CT molecular complexity index is 590. The van der Waals surface area contributed by atoms with E-state index in [2.05, 4.69) is 15.9 Å². The molecule has 0 aliphatic carbocycles. The quantitative estimate of drug-likeness (QED) is 0.857. The lowest BCUT2D eigenvalue weighted by Crippen LogP contribution is -1.98. The largest absolute Gasteiger partial charge is 0.489 e. The lowest BCUT2D eigenvalue weighted by molar-refractivity contribution is 0.300. The molecule has 0 heterocycles. The second kappa shape index (κ2) is 5.65. The van der Waals surface area contributed by atoms with Gasteiger partial charge in [-0.3, -0.25) is 0 Å². The summed E-state index contributed by atoms with van der Waals surface area (Å²) in [6.45, 7) is 0.158. The minimum atomic E-state index is -0.307. The molecule has 0 amide bonds. The van der Waals surface area contributed by atoms with Gasteiger partial charge in [0.15, 0.2) is 0 Å². The molecule has 0 saturated heterocycles. The summed E-state index contributed by atoms with van der Waals surface area (Å²) in [5.74, 6) is 0.300. The summed E-state index contributed by atoms with van der Waals surface area (Å²) in [6.07, 6.45) is 0. The number of hydrogen-bond acceptors (Lipinski definition) is 2. The lowest BCUT2D eigenvalue weighted by Gasteiger charge is -2.07. The van der Waals surface area contributed by atoms with Crippen LogP contribution in [-0.4, -0.2) is 0 Å². The van der Waals surface area contributed by atoms with Gasteiger partial charge in [-0.1, -0.05) is 22.0 Å². The molecule has 0 saturated carbocycles. The Hall–Kier alpha value is -1.86. The van der Waals surface area contributed by atoms with Crippen LogP contribution in [0.25, 0.3) is 0 Å². The molecule has 0 bridgehead atoms. The molecule has 2 nitrogen and oxygen atoms in total. The number of nitriles is 1. The van der Waals surface area contributed by atoms with E-state index in [9.17, 15) is 4.39 Å². The number of rotatable bonds is 3. The van der Waals surface area contributed by atoms with Crippen LogP contribution in [0.3, 0.4) is 0 Å². The molecule has 90 valence electrons. The van der Waals surface area contributed by atoms with Gasteiger partial charge in [-0.2, -0.15) is 5.26 Å². The van der Waals surface area contributed by atoms with E-state index in [1.54, 1.807) is 36.4 Å². The normalized spacial score (nSPS) is 9.83. The van der Waals surface area contributed by atoms with E-state index in [-0.39, 0.29) is 12.4 Å². The Morgan fingerprint density at radius 1 is 1.17 bits per heavy atom. The van der Waals surface area contributed by atoms with Gasteiger partial charge in [0, 0.05) is 10.0 Å². The van der Waals surface area contributed by atoms with E-state index >= 15 is 0 Å². The Labute approximate surface area is 113 Å². The molecular formula is C14H9BrFNO. The van der Waals surface area contributed by atoms with Gasteiger partial charge >= 0.3 is 0 Å². The Morgan fingerprint density at radius 2 is 1.89 bits per heavy atom. The molecule has 0 aromatic heterocycles. The van der Waals surface area contributed by atoms with E-state index in [4.69, 9.17) is 10.00 Å². The SMILES string of the molecule is N#Cc1ccc(OCc2ccc(Br)cc2F)cc1. The zero-order chi connectivity index (χ0) is 13.0. The van der Waals surface area contributed by atoms with Crippen LogP contribution < -0.4 is 4.74 Å². The van der Waals surface area contributed by atoms with E-state index < -0.39 is 0 Å². The van der Waals surface area contributed by atoms with Crippen molar-refractivity contribution < 1.29 is 9.13 Å². The Balaban J connectivity index is 2.04. The minimum absolute atomic E-state index is 0.158. The fraction of sp³-hybridized carbons (Fsp3) is 0.0714. The van der Waals surface area contributed by atoms with E-state index in [0.29, 0.717) is 21.3 Å². The summed E-state index contributed by atoms with van der Waals surface area (Å²) >= 11 is 3.20. The predicted molar refractivity (Wildman–Crippen MR) is 69.6 cm³/mol. The van der Waals surface area contributed by atoms with Gasteiger partial charge in [-0.05, 0) is 36.4 Å². The zero-order valence-electron chi connectivity index (χ0n) is 9.36. The summed E-state index contributed by atoms with van der Waals surface area (Å²) in [4.78, 5) is 0. The second-order valence-corrected chi connectivity index (χ2v) is 4.58. The van der Waals surface area contributed by atoms with Crippen molar-refractivity contribution >= 4 is 15.9 Å². The van der Waals surface area contributed by atoms with Crippen molar-refractivity contribution in [1.29, 1.82) is 5.26 Å². The highest BCUT2D eigenvalue weighted by Gasteiger charge is 2.03. The maximum atomic E-state index is 13.5. The van der Waals surface area contributed by atoms with E-state index in [1.165, 1.54) is 6.07 Å². The molecule has 4 heteroatoms. The van der Waals surface area contributed by atoms with Gasteiger partial charge in [0.25, 0.3) is 0 Å². The monoisotopic (exact) mass is 305 g/mol. The van der Waals surface area contributed by atoms with Crippen LogP contribution in [0.2, 0.25) is 0 Å². The van der Waals surface area contributed by atoms with Crippen molar-refractivity contribution in [3.63, 3.8) is 0 Å². The van der Waals surface area contributed by atoms with Gasteiger partial charge in [-0.15, -0.1) is 0 Å². The molecular weight excluding hydrogens is 297 g/mol. The smallest absolute Gasteiger partial charge is 0.130 e. The van der Waals surface area contributed by atoms with Gasteiger partial charge in [0.1, 0.15) is 18.2 Å². The second-order valence-electron chi connectivity index (χ2n) is 3.66. The topological polar surface area (TPSA) is 33.0 Å². The van der Waals surface area contributed by atoms with Crippen molar-refractivity contribution in [1.82, 2.24) is 0 Å². The molecule has 0 radical (unpaired) electrons. The first-order valence-corrected chi connectivity index (χ1v) is 6.05. The zero-order valence-corrected chi connectivity index (χ0v) is 10.9. The summed E-state index contributed by atoms with van der Waals surface area (Å²) in [7, 11) is 0. The molecule has 0 atom stereocenters. The summed E-state index contributed by atoms with van der Waals surface area (Å²) in [5.41, 5.74) is 1.06. The average molecular weight is 306 g/mol. The fourth-order valence-electron chi connectivity index (χ4n) is 1.43. The first kappa shape index (κ1) is 12.6. The first-order valence-electron chi connectivity index (χ1n) is 5.26. The first-order chi connectivity index (χ1) is 8.69. The standard InChI is InChI=1S/C14H9BrFNO/c15-12-4-3-11(14(16)7-12)9-18-13-5-1-10(8-17)2-6-13/h1-7H,9H2. The fourth-order valence-corrected chi connectivity index (χ4v) is 1.76. The third kappa shape index (κ3) is 3.08. The molecule has 18 heavy (non-hydrogen) atoms. The van der Waals surface area contributed by atoms with Crippen molar-refractivity contribution in [2.75, 3.05) is 0 Å². The minimum Gasteiger partial charge on any atom is -0.489 e. The van der Waals surface area contributed by atoms with E-state index in [1.807, 2.05) is 6.07 Å². The highest BCUT2D eigenvalue weighted by atomic mass is 79.9. The number of nitrogens with zero attached hydrogens (tertiary/aromatic N) is 1. The van der Waals surface area contributed by atoms with Gasteiger partial charge in [0.05, 0.1) is 11.6 Å². The molecule has 0 aliphatic rings. The van der Waals surface area contributed by atoms with Crippen LogP contribution in [0.5, 0.6) is 5.75 Å². The number of ether oxygens (including phenoxy) is 1. The van der Waals surface area contributed by atoms with Gasteiger partial charge < -0.3 is 4.74 Å². The summed E-state index contributed by atoms with van der Waals surface area (Å²) < 4.78 is 19.7. The van der Waals surface area contributed by atoms with Crippen molar-refractivity contribution in [2.45, 2.75) is 6.61 Å². The lowest BCUT2D eigenvalue weighted by atomic mass is 10.2. The van der Waals surface area contributed by atoms with E-state index in [0.717, 1.165) is 0 Å². The maximum Gasteiger partial charge on any atom is 0.130 e. The maximum absolute atomic E-state index is 13.5. The molecule has 2 aromatic carbocycles. The summed E-state index contributed by atoms with van der Waals surface area (Å²) in [5, 5.41) is 8.65. The highest BCUT2D eigenvalue weighted by Crippen LogP contribution is 2.18.